The van der Waals surface area contributed by atoms with Gasteiger partial charge in [0.2, 0.25) is 5.91 Å². The van der Waals surface area contributed by atoms with Crippen LogP contribution in [0.3, 0.4) is 0 Å². The number of rotatable bonds is 7. The van der Waals surface area contributed by atoms with Crippen LogP contribution in [0.5, 0.6) is 0 Å². The van der Waals surface area contributed by atoms with Crippen molar-refractivity contribution in [2.45, 2.75) is 27.2 Å². The van der Waals surface area contributed by atoms with Crippen LogP contribution in [0.1, 0.15) is 24.5 Å². The molecule has 0 aromatic heterocycles. The molecule has 0 fully saturated rings. The van der Waals surface area contributed by atoms with Gasteiger partial charge in [-0.15, -0.1) is 0 Å². The minimum Gasteiger partial charge on any atom is -0.395 e. The van der Waals surface area contributed by atoms with Gasteiger partial charge < -0.3 is 10.4 Å². The standard InChI is InChI=1S/C15H24N2O2/c1-4-5-17(6-7-18)11-15(19)16-14-9-12(2)8-13(3)10-14/h8-10,18H,4-7,11H2,1-3H3,(H,16,19). The molecule has 1 rings (SSSR count). The second-order valence-electron chi connectivity index (χ2n) is 4.92. The number of aryl methyl sites for hydroxylation is 2. The fourth-order valence-corrected chi connectivity index (χ4v) is 2.18. The highest BCUT2D eigenvalue weighted by Gasteiger charge is 2.09. The van der Waals surface area contributed by atoms with Crippen molar-refractivity contribution in [2.75, 3.05) is 31.6 Å². The Morgan fingerprint density at radius 3 is 2.37 bits per heavy atom. The van der Waals surface area contributed by atoms with Crippen LogP contribution in [0.15, 0.2) is 18.2 Å². The summed E-state index contributed by atoms with van der Waals surface area (Å²) in [6.45, 7) is 7.84. The van der Waals surface area contributed by atoms with E-state index in [1.165, 1.54) is 0 Å². The van der Waals surface area contributed by atoms with E-state index < -0.39 is 0 Å². The molecule has 0 heterocycles. The SMILES string of the molecule is CCCN(CCO)CC(=O)Nc1cc(C)cc(C)c1. The van der Waals surface area contributed by atoms with Gasteiger partial charge in [0, 0.05) is 12.2 Å². The molecule has 0 radical (unpaired) electrons. The van der Waals surface area contributed by atoms with Crippen molar-refractivity contribution in [1.29, 1.82) is 0 Å². The van der Waals surface area contributed by atoms with Crippen molar-refractivity contribution in [3.8, 4) is 0 Å². The lowest BCUT2D eigenvalue weighted by molar-refractivity contribution is -0.117. The van der Waals surface area contributed by atoms with Crippen LogP contribution >= 0.6 is 0 Å². The van der Waals surface area contributed by atoms with Crippen molar-refractivity contribution in [1.82, 2.24) is 4.90 Å². The Balaban J connectivity index is 2.58. The Hall–Kier alpha value is -1.39. The molecule has 0 spiro atoms. The first-order valence-electron chi connectivity index (χ1n) is 6.76. The molecule has 1 aromatic carbocycles. The third-order valence-corrected chi connectivity index (χ3v) is 2.83. The minimum atomic E-state index is -0.0353. The van der Waals surface area contributed by atoms with Crippen molar-refractivity contribution in [3.63, 3.8) is 0 Å². The van der Waals surface area contributed by atoms with Gasteiger partial charge in [-0.25, -0.2) is 0 Å². The molecule has 0 saturated heterocycles. The first-order chi connectivity index (χ1) is 9.05. The molecule has 2 N–H and O–H groups in total. The van der Waals surface area contributed by atoms with E-state index in [1.54, 1.807) is 0 Å². The molecular formula is C15H24N2O2. The number of aliphatic hydroxyl groups is 1. The number of benzene rings is 1. The van der Waals surface area contributed by atoms with Crippen LogP contribution in [-0.2, 0) is 4.79 Å². The largest absolute Gasteiger partial charge is 0.395 e. The van der Waals surface area contributed by atoms with E-state index in [-0.39, 0.29) is 12.5 Å². The predicted molar refractivity (Wildman–Crippen MR) is 78.4 cm³/mol. The second-order valence-corrected chi connectivity index (χ2v) is 4.92. The number of nitrogens with zero attached hydrogens (tertiary/aromatic N) is 1. The van der Waals surface area contributed by atoms with Gasteiger partial charge in [0.1, 0.15) is 0 Å². The molecule has 4 heteroatoms. The molecule has 0 bridgehead atoms. The summed E-state index contributed by atoms with van der Waals surface area (Å²) in [6, 6.07) is 5.99. The van der Waals surface area contributed by atoms with Gasteiger partial charge in [-0.3, -0.25) is 9.69 Å². The van der Waals surface area contributed by atoms with E-state index >= 15 is 0 Å². The van der Waals surface area contributed by atoms with Crippen LogP contribution in [0.25, 0.3) is 0 Å². The fraction of sp³-hybridized carbons (Fsp3) is 0.533. The van der Waals surface area contributed by atoms with Crippen molar-refractivity contribution >= 4 is 11.6 Å². The summed E-state index contributed by atoms with van der Waals surface area (Å²) in [6.07, 6.45) is 0.969. The first-order valence-corrected chi connectivity index (χ1v) is 6.76. The molecular weight excluding hydrogens is 240 g/mol. The number of carbonyl (C=O) groups excluding carboxylic acids is 1. The average Bonchev–Trinajstić information content (AvgIpc) is 2.27. The molecule has 1 amide bonds. The van der Waals surface area contributed by atoms with Crippen LogP contribution in [0, 0.1) is 13.8 Å². The van der Waals surface area contributed by atoms with Crippen LogP contribution in [0.4, 0.5) is 5.69 Å². The normalized spacial score (nSPS) is 10.8. The van der Waals surface area contributed by atoms with Crippen LogP contribution < -0.4 is 5.32 Å². The maximum absolute atomic E-state index is 12.0. The third-order valence-electron chi connectivity index (χ3n) is 2.83. The zero-order valence-electron chi connectivity index (χ0n) is 12.1. The van der Waals surface area contributed by atoms with E-state index in [0.29, 0.717) is 13.1 Å². The molecule has 4 nitrogen and oxygen atoms in total. The lowest BCUT2D eigenvalue weighted by Gasteiger charge is -2.19. The van der Waals surface area contributed by atoms with Crippen molar-refractivity contribution in [3.05, 3.63) is 29.3 Å². The summed E-state index contributed by atoms with van der Waals surface area (Å²) in [7, 11) is 0. The number of carbonyl (C=O) groups is 1. The number of hydrogen-bond acceptors (Lipinski definition) is 3. The summed E-state index contributed by atoms with van der Waals surface area (Å²) >= 11 is 0. The zero-order valence-corrected chi connectivity index (χ0v) is 12.1. The van der Waals surface area contributed by atoms with Crippen molar-refractivity contribution < 1.29 is 9.90 Å². The molecule has 0 saturated carbocycles. The number of amides is 1. The highest BCUT2D eigenvalue weighted by Crippen LogP contribution is 2.13. The highest BCUT2D eigenvalue weighted by atomic mass is 16.3. The Labute approximate surface area is 115 Å². The summed E-state index contributed by atoms with van der Waals surface area (Å²) < 4.78 is 0. The minimum absolute atomic E-state index is 0.0353. The van der Waals surface area contributed by atoms with E-state index in [1.807, 2.05) is 30.9 Å². The van der Waals surface area contributed by atoms with Gasteiger partial charge in [-0.1, -0.05) is 13.0 Å². The van der Waals surface area contributed by atoms with E-state index in [0.717, 1.165) is 29.8 Å². The summed E-state index contributed by atoms with van der Waals surface area (Å²) in [5.41, 5.74) is 3.11. The van der Waals surface area contributed by atoms with E-state index in [2.05, 4.69) is 18.3 Å². The van der Waals surface area contributed by atoms with Gasteiger partial charge in [0.05, 0.1) is 13.2 Å². The zero-order chi connectivity index (χ0) is 14.3. The molecule has 0 aliphatic carbocycles. The maximum atomic E-state index is 12.0. The Kier molecular flexibility index (Phi) is 6.53. The quantitative estimate of drug-likeness (QED) is 0.791. The third kappa shape index (κ3) is 5.85. The number of nitrogens with one attached hydrogen (secondary N) is 1. The fourth-order valence-electron chi connectivity index (χ4n) is 2.18. The summed E-state index contributed by atoms with van der Waals surface area (Å²) in [4.78, 5) is 13.9. The monoisotopic (exact) mass is 264 g/mol. The lowest BCUT2D eigenvalue weighted by Crippen LogP contribution is -2.35. The molecule has 106 valence electrons. The molecule has 19 heavy (non-hydrogen) atoms. The summed E-state index contributed by atoms with van der Waals surface area (Å²) in [5, 5.41) is 11.9. The maximum Gasteiger partial charge on any atom is 0.238 e. The Morgan fingerprint density at radius 2 is 1.84 bits per heavy atom. The molecule has 0 aliphatic rings. The Bertz CT molecular complexity index is 392. The molecule has 0 atom stereocenters. The first kappa shape index (κ1) is 15.7. The van der Waals surface area contributed by atoms with Gasteiger partial charge in [0.25, 0.3) is 0 Å². The molecule has 1 aromatic rings. The van der Waals surface area contributed by atoms with Gasteiger partial charge in [0.15, 0.2) is 0 Å². The summed E-state index contributed by atoms with van der Waals surface area (Å²) in [5.74, 6) is -0.0353. The highest BCUT2D eigenvalue weighted by molar-refractivity contribution is 5.92. The smallest absolute Gasteiger partial charge is 0.238 e. The van der Waals surface area contributed by atoms with Gasteiger partial charge in [-0.2, -0.15) is 0 Å². The van der Waals surface area contributed by atoms with E-state index in [9.17, 15) is 4.79 Å². The molecule has 0 aliphatic heterocycles. The second kappa shape index (κ2) is 7.92. The number of hydrogen-bond donors (Lipinski definition) is 2. The van der Waals surface area contributed by atoms with Crippen LogP contribution in [-0.4, -0.2) is 42.2 Å². The number of anilines is 1. The lowest BCUT2D eigenvalue weighted by atomic mass is 10.1. The average molecular weight is 264 g/mol. The van der Waals surface area contributed by atoms with Gasteiger partial charge in [-0.05, 0) is 50.1 Å². The predicted octanol–water partition coefficient (Wildman–Crippen LogP) is 1.95. The van der Waals surface area contributed by atoms with Crippen LogP contribution in [0.2, 0.25) is 0 Å². The topological polar surface area (TPSA) is 52.6 Å². The number of aliphatic hydroxyl groups excluding tert-OH is 1. The van der Waals surface area contributed by atoms with E-state index in [4.69, 9.17) is 5.11 Å². The molecule has 0 unspecified atom stereocenters. The van der Waals surface area contributed by atoms with Gasteiger partial charge >= 0.3 is 0 Å². The van der Waals surface area contributed by atoms with Crippen molar-refractivity contribution in [2.24, 2.45) is 0 Å². The Morgan fingerprint density at radius 1 is 1.21 bits per heavy atom.